The van der Waals surface area contributed by atoms with Gasteiger partial charge in [0.15, 0.2) is 0 Å². The van der Waals surface area contributed by atoms with Crippen LogP contribution in [0.5, 0.6) is 0 Å². The van der Waals surface area contributed by atoms with Crippen LogP contribution in [0.25, 0.3) is 0 Å². The number of aliphatic hydroxyl groups excluding tert-OH is 1. The molecule has 1 saturated carbocycles. The van der Waals surface area contributed by atoms with Crippen LogP contribution in [0.4, 0.5) is 4.79 Å². The monoisotopic (exact) mass is 187 g/mol. The molecule has 0 bridgehead atoms. The molecule has 2 N–H and O–H groups in total. The van der Waals surface area contributed by atoms with Crippen molar-refractivity contribution in [2.75, 3.05) is 0 Å². The van der Waals surface area contributed by atoms with E-state index in [2.05, 4.69) is 0 Å². The highest BCUT2D eigenvalue weighted by Crippen LogP contribution is 2.30. The molecule has 1 aliphatic carbocycles. The molecule has 4 nitrogen and oxygen atoms in total. The number of carbonyl (C=O) groups is 1. The lowest BCUT2D eigenvalue weighted by molar-refractivity contribution is -0.0240. The van der Waals surface area contributed by atoms with Gasteiger partial charge in [-0.1, -0.05) is 0 Å². The van der Waals surface area contributed by atoms with E-state index in [1.807, 2.05) is 20.8 Å². The van der Waals surface area contributed by atoms with E-state index in [4.69, 9.17) is 10.2 Å². The molecule has 1 amide bonds. The summed E-state index contributed by atoms with van der Waals surface area (Å²) < 4.78 is 0. The molecule has 0 saturated heterocycles. The molecule has 0 atom stereocenters. The molecule has 0 aromatic heterocycles. The number of rotatable bonds is 1. The van der Waals surface area contributed by atoms with Crippen LogP contribution in [0.1, 0.15) is 33.6 Å². The zero-order valence-electron chi connectivity index (χ0n) is 8.32. The van der Waals surface area contributed by atoms with E-state index in [-0.39, 0.29) is 17.7 Å². The molecule has 1 aliphatic rings. The van der Waals surface area contributed by atoms with Gasteiger partial charge < -0.3 is 15.1 Å². The summed E-state index contributed by atoms with van der Waals surface area (Å²) >= 11 is 0. The van der Waals surface area contributed by atoms with E-state index in [1.54, 1.807) is 0 Å². The first kappa shape index (κ1) is 10.3. The molecule has 0 aromatic rings. The molecule has 76 valence electrons. The Morgan fingerprint density at radius 3 is 2.08 bits per heavy atom. The van der Waals surface area contributed by atoms with E-state index >= 15 is 0 Å². The van der Waals surface area contributed by atoms with Crippen LogP contribution in [0.15, 0.2) is 0 Å². The lowest BCUT2D eigenvalue weighted by atomic mass is 9.85. The van der Waals surface area contributed by atoms with Crippen LogP contribution in [0.3, 0.4) is 0 Å². The summed E-state index contributed by atoms with van der Waals surface area (Å²) in [6, 6.07) is -0.00694. The van der Waals surface area contributed by atoms with Gasteiger partial charge in [-0.05, 0) is 33.6 Å². The van der Waals surface area contributed by atoms with E-state index < -0.39 is 6.09 Å². The van der Waals surface area contributed by atoms with Gasteiger partial charge in [0.25, 0.3) is 0 Å². The van der Waals surface area contributed by atoms with Gasteiger partial charge in [-0.3, -0.25) is 0 Å². The van der Waals surface area contributed by atoms with Crippen LogP contribution in [0.2, 0.25) is 0 Å². The standard InChI is InChI=1S/C9H17NO3/c1-9(2,3)10(8(12)13)6-4-7(11)5-6/h6-7,11H,4-5H2,1-3H3,(H,12,13)/t6-,7+. The van der Waals surface area contributed by atoms with Gasteiger partial charge in [0, 0.05) is 11.6 Å². The van der Waals surface area contributed by atoms with Crippen LogP contribution in [-0.4, -0.2) is 38.9 Å². The molecule has 0 heterocycles. The molecule has 1 fully saturated rings. The van der Waals surface area contributed by atoms with Gasteiger partial charge in [0.05, 0.1) is 6.10 Å². The van der Waals surface area contributed by atoms with Gasteiger partial charge in [0.1, 0.15) is 0 Å². The summed E-state index contributed by atoms with van der Waals surface area (Å²) in [5, 5.41) is 18.1. The average Bonchev–Trinajstić information content (AvgIpc) is 1.79. The number of amides is 1. The fourth-order valence-corrected chi connectivity index (χ4v) is 1.76. The first-order valence-electron chi connectivity index (χ1n) is 4.52. The number of carboxylic acid groups (broad SMARTS) is 1. The number of nitrogens with zero attached hydrogens (tertiary/aromatic N) is 1. The second-order valence-corrected chi connectivity index (χ2v) is 4.60. The second kappa shape index (κ2) is 3.18. The minimum atomic E-state index is -0.899. The van der Waals surface area contributed by atoms with Crippen molar-refractivity contribution in [2.24, 2.45) is 0 Å². The quantitative estimate of drug-likeness (QED) is 0.650. The first-order valence-corrected chi connectivity index (χ1v) is 4.52. The molecular weight excluding hydrogens is 170 g/mol. The third-order valence-corrected chi connectivity index (χ3v) is 2.38. The smallest absolute Gasteiger partial charge is 0.407 e. The predicted molar refractivity (Wildman–Crippen MR) is 48.6 cm³/mol. The maximum atomic E-state index is 10.9. The largest absolute Gasteiger partial charge is 0.465 e. The topological polar surface area (TPSA) is 60.8 Å². The maximum Gasteiger partial charge on any atom is 0.407 e. The number of hydrogen-bond acceptors (Lipinski definition) is 2. The fraction of sp³-hybridized carbons (Fsp3) is 0.889. The zero-order chi connectivity index (χ0) is 10.2. The summed E-state index contributed by atoms with van der Waals surface area (Å²) in [6.45, 7) is 5.60. The van der Waals surface area contributed by atoms with E-state index in [0.29, 0.717) is 12.8 Å². The molecule has 0 radical (unpaired) electrons. The van der Waals surface area contributed by atoms with E-state index in [9.17, 15) is 4.79 Å². The van der Waals surface area contributed by atoms with Crippen molar-refractivity contribution in [3.8, 4) is 0 Å². The summed E-state index contributed by atoms with van der Waals surface area (Å²) in [5.74, 6) is 0. The minimum absolute atomic E-state index is 0.00694. The van der Waals surface area contributed by atoms with Gasteiger partial charge in [0.2, 0.25) is 0 Å². The molecule has 0 spiro atoms. The van der Waals surface area contributed by atoms with Crippen molar-refractivity contribution in [1.29, 1.82) is 0 Å². The van der Waals surface area contributed by atoms with Crippen molar-refractivity contribution in [3.63, 3.8) is 0 Å². The fourth-order valence-electron chi connectivity index (χ4n) is 1.76. The molecular formula is C9H17NO3. The number of aliphatic hydroxyl groups is 1. The maximum absolute atomic E-state index is 10.9. The van der Waals surface area contributed by atoms with Crippen LogP contribution < -0.4 is 0 Å². The molecule has 4 heteroatoms. The molecule has 0 aromatic carbocycles. The van der Waals surface area contributed by atoms with E-state index in [1.165, 1.54) is 4.90 Å². The molecule has 0 aliphatic heterocycles. The zero-order valence-corrected chi connectivity index (χ0v) is 8.32. The minimum Gasteiger partial charge on any atom is -0.465 e. The lowest BCUT2D eigenvalue weighted by Crippen LogP contribution is -2.57. The Hall–Kier alpha value is -0.770. The third kappa shape index (κ3) is 2.12. The summed E-state index contributed by atoms with van der Waals surface area (Å²) in [5.41, 5.74) is -0.378. The first-order chi connectivity index (χ1) is 5.82. The summed E-state index contributed by atoms with van der Waals surface area (Å²) in [4.78, 5) is 12.4. The summed E-state index contributed by atoms with van der Waals surface area (Å²) in [6.07, 6.45) is -0.0637. The third-order valence-electron chi connectivity index (χ3n) is 2.38. The normalized spacial score (nSPS) is 28.0. The molecule has 13 heavy (non-hydrogen) atoms. The second-order valence-electron chi connectivity index (χ2n) is 4.60. The Morgan fingerprint density at radius 2 is 1.85 bits per heavy atom. The van der Waals surface area contributed by atoms with Crippen LogP contribution >= 0.6 is 0 Å². The molecule has 0 unspecified atom stereocenters. The highest BCUT2D eigenvalue weighted by molar-refractivity contribution is 5.66. The highest BCUT2D eigenvalue weighted by atomic mass is 16.4. The van der Waals surface area contributed by atoms with Gasteiger partial charge in [-0.2, -0.15) is 0 Å². The van der Waals surface area contributed by atoms with Crippen molar-refractivity contribution < 1.29 is 15.0 Å². The Kier molecular flexibility index (Phi) is 2.52. The SMILES string of the molecule is CC(C)(C)N(C(=O)O)[C@H]1C[C@@H](O)C1. The van der Waals surface area contributed by atoms with Crippen molar-refractivity contribution in [1.82, 2.24) is 4.90 Å². The Balaban J connectivity index is 2.65. The Morgan fingerprint density at radius 1 is 1.38 bits per heavy atom. The average molecular weight is 187 g/mol. The molecule has 1 rings (SSSR count). The highest BCUT2D eigenvalue weighted by Gasteiger charge is 2.40. The number of hydrogen-bond donors (Lipinski definition) is 2. The van der Waals surface area contributed by atoms with Crippen LogP contribution in [-0.2, 0) is 0 Å². The van der Waals surface area contributed by atoms with Gasteiger partial charge in [-0.25, -0.2) is 4.79 Å². The Labute approximate surface area is 78.2 Å². The van der Waals surface area contributed by atoms with Crippen LogP contribution in [0, 0.1) is 0 Å². The van der Waals surface area contributed by atoms with Gasteiger partial charge >= 0.3 is 6.09 Å². The van der Waals surface area contributed by atoms with Crippen molar-refractivity contribution in [2.45, 2.75) is 51.3 Å². The van der Waals surface area contributed by atoms with Gasteiger partial charge in [-0.15, -0.1) is 0 Å². The summed E-state index contributed by atoms with van der Waals surface area (Å²) in [7, 11) is 0. The van der Waals surface area contributed by atoms with Crippen molar-refractivity contribution >= 4 is 6.09 Å². The predicted octanol–water partition coefficient (Wildman–Crippen LogP) is 1.29. The Bertz CT molecular complexity index is 203. The lowest BCUT2D eigenvalue weighted by Gasteiger charge is -2.45. The van der Waals surface area contributed by atoms with Crippen molar-refractivity contribution in [3.05, 3.63) is 0 Å². The van der Waals surface area contributed by atoms with E-state index in [0.717, 1.165) is 0 Å².